The highest BCUT2D eigenvalue weighted by Crippen LogP contribution is 2.29. The van der Waals surface area contributed by atoms with Gasteiger partial charge in [0.05, 0.1) is 0 Å². The number of phenols is 1. The number of hydrogen-bond acceptors (Lipinski definition) is 3. The maximum absolute atomic E-state index is 14.0. The van der Waals surface area contributed by atoms with Crippen molar-refractivity contribution in [1.29, 1.82) is 0 Å². The molecule has 1 saturated heterocycles. The molecule has 0 saturated carbocycles. The highest BCUT2D eigenvalue weighted by atomic mass is 35.5. The van der Waals surface area contributed by atoms with Crippen molar-refractivity contribution >= 4 is 24.8 Å². The summed E-state index contributed by atoms with van der Waals surface area (Å²) in [4.78, 5) is 2.33. The smallest absolute Gasteiger partial charge is 0.131 e. The van der Waals surface area contributed by atoms with Crippen molar-refractivity contribution < 1.29 is 9.50 Å². The molecule has 20 heavy (non-hydrogen) atoms. The van der Waals surface area contributed by atoms with E-state index in [1.165, 1.54) is 6.07 Å². The minimum absolute atomic E-state index is 0. The van der Waals surface area contributed by atoms with Gasteiger partial charge in [0.2, 0.25) is 0 Å². The standard InChI is InChI=1S/C14H21FN2O.2ClH/c1-2-3-14(17-8-6-16-7-9-17)12-5-4-11(18)10-13(12)15;;/h4-5,10,14,16,18H,2-3,6-9H2,1H3;2*1H/t14-;;/m1../s1. The molecule has 0 amide bonds. The van der Waals surface area contributed by atoms with Crippen LogP contribution in [-0.2, 0) is 0 Å². The van der Waals surface area contributed by atoms with E-state index in [0.717, 1.165) is 39.0 Å². The fourth-order valence-electron chi connectivity index (χ4n) is 2.59. The summed E-state index contributed by atoms with van der Waals surface area (Å²) in [7, 11) is 0. The highest BCUT2D eigenvalue weighted by Gasteiger charge is 2.23. The van der Waals surface area contributed by atoms with Gasteiger partial charge in [-0.15, -0.1) is 24.8 Å². The predicted molar refractivity (Wildman–Crippen MR) is 84.7 cm³/mol. The Morgan fingerprint density at radius 3 is 2.50 bits per heavy atom. The van der Waals surface area contributed by atoms with Crippen LogP contribution < -0.4 is 5.32 Å². The molecule has 0 aromatic heterocycles. The van der Waals surface area contributed by atoms with Crippen LogP contribution in [0.5, 0.6) is 5.75 Å². The van der Waals surface area contributed by atoms with Gasteiger partial charge in [0.15, 0.2) is 0 Å². The summed E-state index contributed by atoms with van der Waals surface area (Å²) in [5.41, 5.74) is 0.705. The number of benzene rings is 1. The Bertz CT molecular complexity index is 401. The van der Waals surface area contributed by atoms with E-state index >= 15 is 0 Å². The average Bonchev–Trinajstić information content (AvgIpc) is 2.38. The normalized spacial score (nSPS) is 16.9. The van der Waals surface area contributed by atoms with Crippen molar-refractivity contribution in [3.63, 3.8) is 0 Å². The van der Waals surface area contributed by atoms with Gasteiger partial charge in [-0.05, 0) is 12.5 Å². The quantitative estimate of drug-likeness (QED) is 0.893. The van der Waals surface area contributed by atoms with Crippen LogP contribution >= 0.6 is 24.8 Å². The number of nitrogens with one attached hydrogen (secondary N) is 1. The van der Waals surface area contributed by atoms with Crippen molar-refractivity contribution in [2.24, 2.45) is 0 Å². The Morgan fingerprint density at radius 2 is 1.95 bits per heavy atom. The van der Waals surface area contributed by atoms with Crippen LogP contribution in [0.1, 0.15) is 31.4 Å². The molecule has 0 bridgehead atoms. The predicted octanol–water partition coefficient (Wildman–Crippen LogP) is 3.12. The number of phenolic OH excluding ortho intramolecular Hbond substituents is 1. The van der Waals surface area contributed by atoms with Gasteiger partial charge in [0.1, 0.15) is 11.6 Å². The average molecular weight is 325 g/mol. The lowest BCUT2D eigenvalue weighted by atomic mass is 9.99. The number of halogens is 3. The van der Waals surface area contributed by atoms with E-state index < -0.39 is 0 Å². The van der Waals surface area contributed by atoms with E-state index in [4.69, 9.17) is 0 Å². The first-order valence-corrected chi connectivity index (χ1v) is 6.65. The second kappa shape index (κ2) is 9.40. The zero-order chi connectivity index (χ0) is 13.0. The van der Waals surface area contributed by atoms with Gasteiger partial charge in [0, 0.05) is 43.9 Å². The first-order valence-electron chi connectivity index (χ1n) is 6.65. The van der Waals surface area contributed by atoms with Gasteiger partial charge in [0.25, 0.3) is 0 Å². The summed E-state index contributed by atoms with van der Waals surface area (Å²) in [6.07, 6.45) is 1.97. The molecule has 1 heterocycles. The van der Waals surface area contributed by atoms with Gasteiger partial charge in [-0.3, -0.25) is 4.90 Å². The molecule has 1 aliphatic rings. The molecular weight excluding hydrogens is 302 g/mol. The maximum Gasteiger partial charge on any atom is 0.131 e. The van der Waals surface area contributed by atoms with Crippen LogP contribution in [0.2, 0.25) is 0 Å². The van der Waals surface area contributed by atoms with E-state index in [0.29, 0.717) is 5.56 Å². The Balaban J connectivity index is 0.00000180. The third kappa shape index (κ3) is 4.77. The molecule has 3 nitrogen and oxygen atoms in total. The number of hydrogen-bond donors (Lipinski definition) is 2. The molecule has 2 rings (SSSR count). The van der Waals surface area contributed by atoms with Crippen LogP contribution in [0.25, 0.3) is 0 Å². The molecule has 1 aliphatic heterocycles. The fourth-order valence-corrected chi connectivity index (χ4v) is 2.59. The van der Waals surface area contributed by atoms with Gasteiger partial charge in [-0.25, -0.2) is 4.39 Å². The van der Waals surface area contributed by atoms with Crippen LogP contribution in [0, 0.1) is 5.82 Å². The molecule has 1 aromatic carbocycles. The first kappa shape index (κ1) is 19.4. The number of aromatic hydroxyl groups is 1. The Labute approximate surface area is 132 Å². The van der Waals surface area contributed by atoms with E-state index in [1.54, 1.807) is 12.1 Å². The van der Waals surface area contributed by atoms with Gasteiger partial charge in [-0.2, -0.15) is 0 Å². The molecule has 2 N–H and O–H groups in total. The van der Waals surface area contributed by atoms with Gasteiger partial charge < -0.3 is 10.4 Å². The summed E-state index contributed by atoms with van der Waals surface area (Å²) in [6.45, 7) is 5.93. The molecule has 0 aliphatic carbocycles. The molecule has 116 valence electrons. The zero-order valence-corrected chi connectivity index (χ0v) is 13.3. The lowest BCUT2D eigenvalue weighted by Crippen LogP contribution is -2.45. The fraction of sp³-hybridized carbons (Fsp3) is 0.571. The molecular formula is C14H23Cl2FN2O. The molecule has 1 atom stereocenters. The van der Waals surface area contributed by atoms with Gasteiger partial charge in [-0.1, -0.05) is 19.4 Å². The summed E-state index contributed by atoms with van der Waals surface area (Å²) in [5, 5.41) is 12.6. The van der Waals surface area contributed by atoms with Crippen LogP contribution in [-0.4, -0.2) is 36.2 Å². The van der Waals surface area contributed by atoms with Crippen molar-refractivity contribution in [1.82, 2.24) is 10.2 Å². The van der Waals surface area contributed by atoms with Crippen molar-refractivity contribution in [3.8, 4) is 5.75 Å². The van der Waals surface area contributed by atoms with E-state index in [9.17, 15) is 9.50 Å². The van der Waals surface area contributed by atoms with Gasteiger partial charge >= 0.3 is 0 Å². The molecule has 1 fully saturated rings. The molecule has 0 radical (unpaired) electrons. The van der Waals surface area contributed by atoms with Crippen molar-refractivity contribution in [3.05, 3.63) is 29.6 Å². The minimum Gasteiger partial charge on any atom is -0.508 e. The SMILES string of the molecule is CCC[C@H](c1ccc(O)cc1F)N1CCNCC1.Cl.Cl. The highest BCUT2D eigenvalue weighted by molar-refractivity contribution is 5.85. The summed E-state index contributed by atoms with van der Waals surface area (Å²) in [6, 6.07) is 4.62. The maximum atomic E-state index is 14.0. The molecule has 6 heteroatoms. The van der Waals surface area contributed by atoms with E-state index in [-0.39, 0.29) is 42.4 Å². The van der Waals surface area contributed by atoms with Crippen LogP contribution in [0.4, 0.5) is 4.39 Å². The summed E-state index contributed by atoms with van der Waals surface area (Å²) in [5.74, 6) is -0.307. The third-order valence-electron chi connectivity index (χ3n) is 3.50. The Kier molecular flexibility index (Phi) is 9.14. The zero-order valence-electron chi connectivity index (χ0n) is 11.6. The first-order chi connectivity index (χ1) is 8.72. The van der Waals surface area contributed by atoms with Crippen molar-refractivity contribution in [2.75, 3.05) is 26.2 Å². The Hall–Kier alpha value is -0.550. The number of piperazine rings is 1. The molecule has 0 spiro atoms. The molecule has 0 unspecified atom stereocenters. The topological polar surface area (TPSA) is 35.5 Å². The second-order valence-corrected chi connectivity index (χ2v) is 4.80. The lowest BCUT2D eigenvalue weighted by Gasteiger charge is -2.35. The molecule has 1 aromatic rings. The van der Waals surface area contributed by atoms with Crippen LogP contribution in [0.3, 0.4) is 0 Å². The van der Waals surface area contributed by atoms with Crippen LogP contribution in [0.15, 0.2) is 18.2 Å². The van der Waals surface area contributed by atoms with E-state index in [2.05, 4.69) is 17.1 Å². The summed E-state index contributed by atoms with van der Waals surface area (Å²) >= 11 is 0. The Morgan fingerprint density at radius 1 is 1.30 bits per heavy atom. The lowest BCUT2D eigenvalue weighted by molar-refractivity contribution is 0.161. The van der Waals surface area contributed by atoms with E-state index in [1.807, 2.05) is 0 Å². The number of nitrogens with zero attached hydrogens (tertiary/aromatic N) is 1. The number of rotatable bonds is 4. The second-order valence-electron chi connectivity index (χ2n) is 4.80. The minimum atomic E-state index is -0.299. The monoisotopic (exact) mass is 324 g/mol. The summed E-state index contributed by atoms with van der Waals surface area (Å²) < 4.78 is 14.0. The third-order valence-corrected chi connectivity index (χ3v) is 3.50. The largest absolute Gasteiger partial charge is 0.508 e. The van der Waals surface area contributed by atoms with Crippen molar-refractivity contribution in [2.45, 2.75) is 25.8 Å².